The molecule has 0 atom stereocenters. The summed E-state index contributed by atoms with van der Waals surface area (Å²) in [5.41, 5.74) is 5.45. The third-order valence-corrected chi connectivity index (χ3v) is 6.01. The van der Waals surface area contributed by atoms with E-state index >= 15 is 0 Å². The van der Waals surface area contributed by atoms with E-state index in [1.807, 2.05) is 54.2 Å². The van der Waals surface area contributed by atoms with E-state index in [0.717, 1.165) is 27.9 Å². The van der Waals surface area contributed by atoms with Gasteiger partial charge in [0.2, 0.25) is 0 Å². The molecule has 168 valence electrons. The number of nitrogens with zero attached hydrogens (tertiary/aromatic N) is 4. The third-order valence-electron chi connectivity index (χ3n) is 5.49. The van der Waals surface area contributed by atoms with E-state index in [-0.39, 0.29) is 5.91 Å². The monoisotopic (exact) mass is 485 g/mol. The number of halogens is 1. The van der Waals surface area contributed by atoms with Crippen molar-refractivity contribution in [2.45, 2.75) is 13.5 Å². The Morgan fingerprint density at radius 1 is 1.12 bits per heavy atom. The summed E-state index contributed by atoms with van der Waals surface area (Å²) >= 11 is 11.6. The molecule has 2 aromatic heterocycles. The normalized spacial score (nSPS) is 14.6. The van der Waals surface area contributed by atoms with Gasteiger partial charge in [0.15, 0.2) is 5.11 Å². The van der Waals surface area contributed by atoms with Crippen molar-refractivity contribution < 1.29 is 4.79 Å². The molecule has 0 aliphatic carbocycles. The number of aromatic nitrogens is 3. The highest BCUT2D eigenvalue weighted by Crippen LogP contribution is 2.29. The second kappa shape index (κ2) is 9.21. The summed E-state index contributed by atoms with van der Waals surface area (Å²) in [6, 6.07) is 19.2. The number of hydrogen-bond acceptors (Lipinski definition) is 4. The number of carbonyl (C=O) groups excluding carboxylic acids is 1. The number of pyridine rings is 1. The molecule has 1 amide bonds. The lowest BCUT2D eigenvalue weighted by Crippen LogP contribution is -2.30. The van der Waals surface area contributed by atoms with Crippen molar-refractivity contribution in [1.29, 1.82) is 0 Å². The zero-order chi connectivity index (χ0) is 23.7. The van der Waals surface area contributed by atoms with E-state index in [1.54, 1.807) is 30.6 Å². The Morgan fingerprint density at radius 3 is 2.68 bits per heavy atom. The maximum absolute atomic E-state index is 13.3. The predicted octanol–water partition coefficient (Wildman–Crippen LogP) is 5.22. The Kier molecular flexibility index (Phi) is 5.96. The molecular weight excluding hydrogens is 466 g/mol. The van der Waals surface area contributed by atoms with Crippen LogP contribution in [0.4, 0.5) is 5.69 Å². The minimum atomic E-state index is -0.233. The van der Waals surface area contributed by atoms with E-state index < -0.39 is 0 Å². The topological polar surface area (TPSA) is 63.1 Å². The van der Waals surface area contributed by atoms with Crippen LogP contribution in [0.3, 0.4) is 0 Å². The van der Waals surface area contributed by atoms with E-state index in [4.69, 9.17) is 28.9 Å². The molecule has 1 aliphatic heterocycles. The van der Waals surface area contributed by atoms with E-state index in [0.29, 0.717) is 28.1 Å². The Labute approximate surface area is 207 Å². The van der Waals surface area contributed by atoms with Crippen molar-refractivity contribution in [2.24, 2.45) is 0 Å². The first-order valence-electron chi connectivity index (χ1n) is 10.6. The zero-order valence-electron chi connectivity index (χ0n) is 18.3. The highest BCUT2D eigenvalue weighted by Gasteiger charge is 2.33. The fourth-order valence-electron chi connectivity index (χ4n) is 3.90. The molecular formula is C26H20ClN5OS. The maximum Gasteiger partial charge on any atom is 0.281 e. The number of hydrogen-bond donors (Lipinski definition) is 1. The van der Waals surface area contributed by atoms with Crippen LogP contribution >= 0.6 is 23.8 Å². The van der Waals surface area contributed by atoms with Gasteiger partial charge in [-0.15, -0.1) is 0 Å². The highest BCUT2D eigenvalue weighted by molar-refractivity contribution is 7.80. The lowest BCUT2D eigenvalue weighted by molar-refractivity contribution is -0.113. The fraction of sp³-hybridized carbons (Fsp3) is 0.0769. The largest absolute Gasteiger partial charge is 0.327 e. The molecule has 0 bridgehead atoms. The lowest BCUT2D eigenvalue weighted by Gasteiger charge is -2.16. The standard InChI is InChI=1S/C26H20ClN5OS/c1-17-12-21(27)9-10-23(17)32-25(33)22(29-26(32)34)13-20-16-31(15-18-6-3-2-4-7-18)30-24(20)19-8-5-11-28-14-19/h2-14,16H,15H2,1H3,(H,29,34)/b22-13+. The first-order valence-corrected chi connectivity index (χ1v) is 11.4. The molecule has 0 unspecified atom stereocenters. The molecule has 1 N–H and O–H groups in total. The number of thiocarbonyl (C=S) groups is 1. The van der Waals surface area contributed by atoms with Crippen LogP contribution in [0.5, 0.6) is 0 Å². The van der Waals surface area contributed by atoms with Gasteiger partial charge in [-0.3, -0.25) is 19.4 Å². The van der Waals surface area contributed by atoms with Gasteiger partial charge < -0.3 is 5.32 Å². The molecule has 1 saturated heterocycles. The maximum atomic E-state index is 13.3. The number of nitrogens with one attached hydrogen (secondary N) is 1. The number of amides is 1. The van der Waals surface area contributed by atoms with Crippen molar-refractivity contribution >= 4 is 46.6 Å². The first kappa shape index (κ1) is 22.0. The number of carbonyl (C=O) groups is 1. The SMILES string of the molecule is Cc1cc(Cl)ccc1N1C(=O)/C(=C\c2cn(Cc3ccccc3)nc2-c2cccnc2)NC1=S. The van der Waals surface area contributed by atoms with Crippen LogP contribution in [-0.4, -0.2) is 25.8 Å². The second-order valence-electron chi connectivity index (χ2n) is 7.92. The Bertz CT molecular complexity index is 1420. The van der Waals surface area contributed by atoms with Crippen molar-refractivity contribution in [3.63, 3.8) is 0 Å². The van der Waals surface area contributed by atoms with Gasteiger partial charge >= 0.3 is 0 Å². The van der Waals surface area contributed by atoms with Crippen LogP contribution in [0.15, 0.2) is 85.0 Å². The van der Waals surface area contributed by atoms with Crippen molar-refractivity contribution in [2.75, 3.05) is 4.90 Å². The molecule has 5 rings (SSSR count). The molecule has 2 aromatic carbocycles. The molecule has 34 heavy (non-hydrogen) atoms. The lowest BCUT2D eigenvalue weighted by atomic mass is 10.1. The van der Waals surface area contributed by atoms with E-state index in [9.17, 15) is 4.79 Å². The smallest absolute Gasteiger partial charge is 0.281 e. The van der Waals surface area contributed by atoms with Crippen molar-refractivity contribution in [1.82, 2.24) is 20.1 Å². The van der Waals surface area contributed by atoms with E-state index in [1.165, 1.54) is 4.90 Å². The first-order chi connectivity index (χ1) is 16.5. The molecule has 4 aromatic rings. The van der Waals surface area contributed by atoms with Crippen LogP contribution in [0.1, 0.15) is 16.7 Å². The van der Waals surface area contributed by atoms with E-state index in [2.05, 4.69) is 22.4 Å². The number of aryl methyl sites for hydroxylation is 1. The average molecular weight is 486 g/mol. The van der Waals surface area contributed by atoms with Gasteiger partial charge in [-0.25, -0.2) is 0 Å². The van der Waals surface area contributed by atoms with Gasteiger partial charge in [0.1, 0.15) is 11.4 Å². The molecule has 1 fully saturated rings. The predicted molar refractivity (Wildman–Crippen MR) is 138 cm³/mol. The Morgan fingerprint density at radius 2 is 1.94 bits per heavy atom. The summed E-state index contributed by atoms with van der Waals surface area (Å²) in [6.45, 7) is 2.50. The van der Waals surface area contributed by atoms with Gasteiger partial charge in [0.05, 0.1) is 12.2 Å². The van der Waals surface area contributed by atoms with Gasteiger partial charge in [-0.1, -0.05) is 41.9 Å². The average Bonchev–Trinajstić information content (AvgIpc) is 3.35. The molecule has 8 heteroatoms. The summed E-state index contributed by atoms with van der Waals surface area (Å²) in [6.07, 6.45) is 7.19. The summed E-state index contributed by atoms with van der Waals surface area (Å²) in [5.74, 6) is -0.233. The molecule has 0 saturated carbocycles. The van der Waals surface area contributed by atoms with Gasteiger partial charge in [-0.05, 0) is 66.7 Å². The van der Waals surface area contributed by atoms with Crippen LogP contribution in [-0.2, 0) is 11.3 Å². The second-order valence-corrected chi connectivity index (χ2v) is 8.74. The number of rotatable bonds is 5. The van der Waals surface area contributed by atoms with Crippen LogP contribution < -0.4 is 10.2 Å². The minimum absolute atomic E-state index is 0.233. The van der Waals surface area contributed by atoms with Crippen molar-refractivity contribution in [3.8, 4) is 11.3 Å². The molecule has 3 heterocycles. The van der Waals surface area contributed by atoms with Gasteiger partial charge in [0.25, 0.3) is 5.91 Å². The molecule has 6 nitrogen and oxygen atoms in total. The zero-order valence-corrected chi connectivity index (χ0v) is 19.8. The Hall–Kier alpha value is -3.81. The van der Waals surface area contributed by atoms with Crippen LogP contribution in [0.25, 0.3) is 17.3 Å². The summed E-state index contributed by atoms with van der Waals surface area (Å²) in [4.78, 5) is 19.1. The molecule has 0 spiro atoms. The Balaban J connectivity index is 1.53. The molecule has 0 radical (unpaired) electrons. The van der Waals surface area contributed by atoms with Gasteiger partial charge in [0, 0.05) is 34.7 Å². The third kappa shape index (κ3) is 4.35. The highest BCUT2D eigenvalue weighted by atomic mass is 35.5. The number of benzene rings is 2. The van der Waals surface area contributed by atoms with Gasteiger partial charge in [-0.2, -0.15) is 5.10 Å². The minimum Gasteiger partial charge on any atom is -0.327 e. The summed E-state index contributed by atoms with van der Waals surface area (Å²) in [5, 5.41) is 8.78. The summed E-state index contributed by atoms with van der Waals surface area (Å²) in [7, 11) is 0. The van der Waals surface area contributed by atoms with Crippen molar-refractivity contribution in [3.05, 3.63) is 107 Å². The quantitative estimate of drug-likeness (QED) is 0.310. The van der Waals surface area contributed by atoms with Crippen LogP contribution in [0.2, 0.25) is 5.02 Å². The van der Waals surface area contributed by atoms with Crippen LogP contribution in [0, 0.1) is 6.92 Å². The molecule has 1 aliphatic rings. The number of anilines is 1. The fourth-order valence-corrected chi connectivity index (χ4v) is 4.42. The summed E-state index contributed by atoms with van der Waals surface area (Å²) < 4.78 is 1.86.